The van der Waals surface area contributed by atoms with Gasteiger partial charge in [0.05, 0.1) is 27.5 Å². The van der Waals surface area contributed by atoms with Crippen LogP contribution in [0.3, 0.4) is 0 Å². The maximum Gasteiger partial charge on any atom is 0.257 e. The van der Waals surface area contributed by atoms with Crippen LogP contribution >= 0.6 is 23.5 Å². The molecule has 1 aromatic heterocycles. The molecule has 9 heteroatoms. The van der Waals surface area contributed by atoms with Crippen molar-refractivity contribution in [1.82, 2.24) is 9.97 Å². The Morgan fingerprint density at radius 2 is 2.12 bits per heavy atom. The first-order valence-corrected chi connectivity index (χ1v) is 9.05. The number of hydrogen-bond donors (Lipinski definition) is 3. The Labute approximate surface area is 158 Å². The van der Waals surface area contributed by atoms with Gasteiger partial charge in [-0.05, 0) is 24.3 Å². The van der Waals surface area contributed by atoms with Crippen LogP contribution in [0.25, 0.3) is 10.9 Å². The van der Waals surface area contributed by atoms with Crippen LogP contribution < -0.4 is 15.8 Å². The number of para-hydroxylation sites is 1. The fraction of sp³-hybridized carbons (Fsp3) is 0.118. The van der Waals surface area contributed by atoms with Gasteiger partial charge < -0.3 is 15.8 Å². The van der Waals surface area contributed by atoms with E-state index in [2.05, 4.69) is 20.0 Å². The second-order valence-electron chi connectivity index (χ2n) is 5.23. The van der Waals surface area contributed by atoms with E-state index >= 15 is 0 Å². The summed E-state index contributed by atoms with van der Waals surface area (Å²) in [6, 6.07) is 7.70. The number of carbonyl (C=O) groups excluding carboxylic acids is 1. The minimum atomic E-state index is -0.634. The zero-order valence-electron chi connectivity index (χ0n) is 13.7. The number of nitrogens with two attached hydrogens (primary N) is 1. The Hall–Kier alpha value is -2.58. The van der Waals surface area contributed by atoms with Crippen molar-refractivity contribution in [2.45, 2.75) is 6.92 Å². The molecule has 1 heterocycles. The fourth-order valence-corrected chi connectivity index (χ4v) is 3.14. The van der Waals surface area contributed by atoms with Gasteiger partial charge in [-0.1, -0.05) is 36.5 Å². The number of nitrogens with zero attached hydrogens (tertiary/aromatic N) is 2. The summed E-state index contributed by atoms with van der Waals surface area (Å²) in [6.07, 6.45) is 1.27. The molecule has 0 spiro atoms. The predicted molar refractivity (Wildman–Crippen MR) is 105 cm³/mol. The van der Waals surface area contributed by atoms with Gasteiger partial charge in [-0.3, -0.25) is 4.79 Å². The molecule has 3 rings (SSSR count). The quantitative estimate of drug-likeness (QED) is 0.560. The largest absolute Gasteiger partial charge is 0.383 e. The molecule has 0 saturated heterocycles. The lowest BCUT2D eigenvalue weighted by atomic mass is 10.1. The first kappa shape index (κ1) is 18.2. The van der Waals surface area contributed by atoms with Crippen molar-refractivity contribution in [1.29, 1.82) is 0 Å². The van der Waals surface area contributed by atoms with Crippen LogP contribution in [0, 0.1) is 5.82 Å². The third-order valence-electron chi connectivity index (χ3n) is 3.60. The van der Waals surface area contributed by atoms with Crippen molar-refractivity contribution in [2.24, 2.45) is 0 Å². The zero-order chi connectivity index (χ0) is 18.7. The van der Waals surface area contributed by atoms with Crippen LogP contribution in [0.4, 0.5) is 21.6 Å². The molecule has 1 amide bonds. The normalized spacial score (nSPS) is 10.7. The molecular formula is C17H15ClFN5OS. The maximum absolute atomic E-state index is 14.2. The fourth-order valence-electron chi connectivity index (χ4n) is 2.37. The van der Waals surface area contributed by atoms with E-state index in [1.54, 1.807) is 18.2 Å². The van der Waals surface area contributed by atoms with Gasteiger partial charge in [0.25, 0.3) is 5.91 Å². The minimum Gasteiger partial charge on any atom is -0.383 e. The lowest BCUT2D eigenvalue weighted by Gasteiger charge is -2.13. The molecule has 2 aromatic carbocycles. The number of aromatic nitrogens is 2. The van der Waals surface area contributed by atoms with Crippen LogP contribution in [0.2, 0.25) is 5.02 Å². The minimum absolute atomic E-state index is 0.0914. The van der Waals surface area contributed by atoms with Crippen LogP contribution in [0.15, 0.2) is 36.7 Å². The molecule has 134 valence electrons. The third-order valence-corrected chi connectivity index (χ3v) is 4.64. The average Bonchev–Trinajstić information content (AvgIpc) is 2.64. The molecule has 0 aliphatic rings. The molecule has 0 fully saturated rings. The smallest absolute Gasteiger partial charge is 0.257 e. The topological polar surface area (TPSA) is 92.9 Å². The average molecular weight is 392 g/mol. The van der Waals surface area contributed by atoms with E-state index in [-0.39, 0.29) is 22.1 Å². The number of hydrogen-bond acceptors (Lipinski definition) is 6. The van der Waals surface area contributed by atoms with Gasteiger partial charge in [0.2, 0.25) is 0 Å². The monoisotopic (exact) mass is 391 g/mol. The summed E-state index contributed by atoms with van der Waals surface area (Å²) in [5.74, 6) is -0.122. The van der Waals surface area contributed by atoms with E-state index in [0.717, 1.165) is 5.75 Å². The third kappa shape index (κ3) is 3.51. The highest BCUT2D eigenvalue weighted by Gasteiger charge is 2.18. The van der Waals surface area contributed by atoms with Crippen molar-refractivity contribution in [3.63, 3.8) is 0 Å². The van der Waals surface area contributed by atoms with Crippen molar-refractivity contribution >= 4 is 57.6 Å². The van der Waals surface area contributed by atoms with Gasteiger partial charge >= 0.3 is 0 Å². The molecule has 26 heavy (non-hydrogen) atoms. The van der Waals surface area contributed by atoms with E-state index < -0.39 is 11.7 Å². The molecule has 0 atom stereocenters. The summed E-state index contributed by atoms with van der Waals surface area (Å²) < 4.78 is 17.2. The molecule has 0 aliphatic heterocycles. The summed E-state index contributed by atoms with van der Waals surface area (Å²) >= 11 is 7.66. The first-order valence-electron chi connectivity index (χ1n) is 7.69. The lowest BCUT2D eigenvalue weighted by Crippen LogP contribution is -2.15. The molecule has 0 saturated carbocycles. The van der Waals surface area contributed by atoms with E-state index in [1.807, 2.05) is 6.92 Å². The Morgan fingerprint density at radius 1 is 1.31 bits per heavy atom. The highest BCUT2D eigenvalue weighted by molar-refractivity contribution is 8.00. The maximum atomic E-state index is 14.2. The molecule has 6 nitrogen and oxygen atoms in total. The van der Waals surface area contributed by atoms with E-state index in [0.29, 0.717) is 16.6 Å². The second-order valence-corrected chi connectivity index (χ2v) is 6.68. The van der Waals surface area contributed by atoms with E-state index in [4.69, 9.17) is 17.3 Å². The van der Waals surface area contributed by atoms with E-state index in [9.17, 15) is 9.18 Å². The molecule has 0 bridgehead atoms. The lowest BCUT2D eigenvalue weighted by molar-refractivity contribution is 0.102. The summed E-state index contributed by atoms with van der Waals surface area (Å²) in [5, 5.41) is 3.16. The molecule has 0 aliphatic carbocycles. The van der Waals surface area contributed by atoms with Crippen LogP contribution in [0.5, 0.6) is 0 Å². The number of carbonyl (C=O) groups is 1. The van der Waals surface area contributed by atoms with Crippen molar-refractivity contribution < 1.29 is 9.18 Å². The number of halogens is 2. The Kier molecular flexibility index (Phi) is 5.43. The highest BCUT2D eigenvalue weighted by atomic mass is 35.5. The molecule has 4 N–H and O–H groups in total. The number of nitrogens with one attached hydrogen (secondary N) is 2. The standard InChI is InChI=1S/C17H15ClFN5OS/c1-2-26-24-12-7-6-11(19)15(13(12)18)23-17(25)10-5-3-4-9-14(10)21-8-22-16(9)20/h3-8,24H,2H2,1H3,(H,23,25)(H2,20,21,22). The molecular weight excluding hydrogens is 377 g/mol. The SMILES string of the molecule is CCSNc1ccc(F)c(NC(=O)c2cccc3c(N)ncnc23)c1Cl. The number of fused-ring (bicyclic) bond motifs is 1. The summed E-state index contributed by atoms with van der Waals surface area (Å²) in [7, 11) is 0. The van der Waals surface area contributed by atoms with Gasteiger partial charge in [0, 0.05) is 11.1 Å². The predicted octanol–water partition coefficient (Wildman–Crippen LogP) is 4.34. The Bertz CT molecular complexity index is 985. The van der Waals surface area contributed by atoms with Gasteiger partial charge in [0.1, 0.15) is 18.0 Å². The van der Waals surface area contributed by atoms with Gasteiger partial charge in [0.15, 0.2) is 0 Å². The number of anilines is 3. The van der Waals surface area contributed by atoms with Crippen molar-refractivity contribution in [3.05, 3.63) is 53.1 Å². The molecule has 3 aromatic rings. The number of benzene rings is 2. The summed E-state index contributed by atoms with van der Waals surface area (Å²) in [5.41, 5.74) is 6.86. The van der Waals surface area contributed by atoms with Gasteiger partial charge in [-0.15, -0.1) is 0 Å². The van der Waals surface area contributed by atoms with Gasteiger partial charge in [-0.25, -0.2) is 14.4 Å². The second kappa shape index (κ2) is 7.76. The van der Waals surface area contributed by atoms with Crippen molar-refractivity contribution in [3.8, 4) is 0 Å². The Morgan fingerprint density at radius 3 is 2.88 bits per heavy atom. The summed E-state index contributed by atoms with van der Waals surface area (Å²) in [4.78, 5) is 20.7. The molecule has 0 radical (unpaired) electrons. The number of nitrogen functional groups attached to an aromatic ring is 1. The number of rotatable bonds is 5. The summed E-state index contributed by atoms with van der Waals surface area (Å²) in [6.45, 7) is 1.96. The molecule has 0 unspecified atom stereocenters. The highest BCUT2D eigenvalue weighted by Crippen LogP contribution is 2.34. The number of amides is 1. The van der Waals surface area contributed by atoms with Crippen molar-refractivity contribution in [2.75, 3.05) is 21.5 Å². The van der Waals surface area contributed by atoms with Gasteiger partial charge in [-0.2, -0.15) is 0 Å². The first-order chi connectivity index (χ1) is 12.5. The van der Waals surface area contributed by atoms with Crippen LogP contribution in [-0.2, 0) is 0 Å². The Balaban J connectivity index is 1.98. The van der Waals surface area contributed by atoms with Crippen LogP contribution in [-0.4, -0.2) is 21.6 Å². The zero-order valence-corrected chi connectivity index (χ0v) is 15.3. The van der Waals surface area contributed by atoms with E-state index in [1.165, 1.54) is 30.4 Å². The van der Waals surface area contributed by atoms with Crippen LogP contribution in [0.1, 0.15) is 17.3 Å².